The highest BCUT2D eigenvalue weighted by Crippen LogP contribution is 2.31. The molecule has 2 unspecified atom stereocenters. The SMILES string of the molecule is Cc1nc2cc(NCC3CCCCC3O)c(N)cc2s1. The number of aryl methyl sites for hydroxylation is 1. The van der Waals surface area contributed by atoms with Gasteiger partial charge in [0, 0.05) is 12.5 Å². The zero-order chi connectivity index (χ0) is 14.1. The van der Waals surface area contributed by atoms with Crippen LogP contribution in [-0.2, 0) is 0 Å². The summed E-state index contributed by atoms with van der Waals surface area (Å²) in [4.78, 5) is 4.50. The number of nitrogens with one attached hydrogen (secondary N) is 1. The Bertz CT molecular complexity index is 610. The van der Waals surface area contributed by atoms with E-state index in [0.29, 0.717) is 5.92 Å². The quantitative estimate of drug-likeness (QED) is 0.760. The molecule has 5 heteroatoms. The second kappa shape index (κ2) is 5.58. The molecule has 1 saturated carbocycles. The molecule has 3 rings (SSSR count). The molecule has 1 aliphatic rings. The van der Waals surface area contributed by atoms with Crippen LogP contribution in [0.3, 0.4) is 0 Å². The summed E-state index contributed by atoms with van der Waals surface area (Å²) in [5.74, 6) is 0.330. The number of hydrogen-bond acceptors (Lipinski definition) is 5. The van der Waals surface area contributed by atoms with Crippen LogP contribution in [0, 0.1) is 12.8 Å². The van der Waals surface area contributed by atoms with Crippen molar-refractivity contribution in [1.82, 2.24) is 4.98 Å². The summed E-state index contributed by atoms with van der Waals surface area (Å²) in [6.07, 6.45) is 4.19. The molecule has 1 aliphatic carbocycles. The second-order valence-electron chi connectivity index (χ2n) is 5.63. The summed E-state index contributed by atoms with van der Waals surface area (Å²) in [7, 11) is 0. The first-order valence-corrected chi connectivity index (χ1v) is 8.04. The Morgan fingerprint density at radius 3 is 3.00 bits per heavy atom. The Morgan fingerprint density at radius 1 is 1.40 bits per heavy atom. The fourth-order valence-corrected chi connectivity index (χ4v) is 3.78. The highest BCUT2D eigenvalue weighted by atomic mass is 32.1. The average molecular weight is 291 g/mol. The Balaban J connectivity index is 1.74. The lowest BCUT2D eigenvalue weighted by Gasteiger charge is -2.28. The van der Waals surface area contributed by atoms with Gasteiger partial charge in [-0.15, -0.1) is 11.3 Å². The summed E-state index contributed by atoms with van der Waals surface area (Å²) in [6.45, 7) is 2.78. The van der Waals surface area contributed by atoms with Crippen LogP contribution >= 0.6 is 11.3 Å². The molecular weight excluding hydrogens is 270 g/mol. The molecule has 0 saturated heterocycles. The van der Waals surface area contributed by atoms with E-state index in [1.807, 2.05) is 19.1 Å². The highest BCUT2D eigenvalue weighted by Gasteiger charge is 2.22. The van der Waals surface area contributed by atoms with Gasteiger partial charge in [0.05, 0.1) is 32.7 Å². The van der Waals surface area contributed by atoms with E-state index in [1.54, 1.807) is 11.3 Å². The molecule has 0 amide bonds. The molecule has 1 aromatic heterocycles. The van der Waals surface area contributed by atoms with Crippen molar-refractivity contribution in [2.45, 2.75) is 38.7 Å². The summed E-state index contributed by atoms with van der Waals surface area (Å²) in [5.41, 5.74) is 8.78. The molecular formula is C15H21N3OS. The first kappa shape index (κ1) is 13.6. The van der Waals surface area contributed by atoms with Gasteiger partial charge in [0.1, 0.15) is 0 Å². The van der Waals surface area contributed by atoms with Crippen LogP contribution in [0.25, 0.3) is 10.2 Å². The number of aromatic nitrogens is 1. The van der Waals surface area contributed by atoms with E-state index in [4.69, 9.17) is 5.73 Å². The molecule has 1 fully saturated rings. The van der Waals surface area contributed by atoms with Crippen molar-refractivity contribution in [3.63, 3.8) is 0 Å². The largest absolute Gasteiger partial charge is 0.397 e. The number of hydrogen-bond donors (Lipinski definition) is 3. The van der Waals surface area contributed by atoms with Gasteiger partial charge in [0.15, 0.2) is 0 Å². The average Bonchev–Trinajstić information content (AvgIpc) is 2.76. The lowest BCUT2D eigenvalue weighted by molar-refractivity contribution is 0.0763. The lowest BCUT2D eigenvalue weighted by Crippen LogP contribution is -2.30. The van der Waals surface area contributed by atoms with E-state index < -0.39 is 0 Å². The van der Waals surface area contributed by atoms with Crippen LogP contribution < -0.4 is 11.1 Å². The molecule has 0 spiro atoms. The highest BCUT2D eigenvalue weighted by molar-refractivity contribution is 7.18. The Kier molecular flexibility index (Phi) is 3.81. The van der Waals surface area contributed by atoms with E-state index in [0.717, 1.165) is 52.4 Å². The fourth-order valence-electron chi connectivity index (χ4n) is 2.93. The van der Waals surface area contributed by atoms with E-state index in [-0.39, 0.29) is 6.10 Å². The maximum absolute atomic E-state index is 10.0. The monoisotopic (exact) mass is 291 g/mol. The Morgan fingerprint density at radius 2 is 2.20 bits per heavy atom. The zero-order valence-corrected chi connectivity index (χ0v) is 12.5. The van der Waals surface area contributed by atoms with Crippen LogP contribution in [0.4, 0.5) is 11.4 Å². The molecule has 4 nitrogen and oxygen atoms in total. The van der Waals surface area contributed by atoms with Crippen LogP contribution in [0.5, 0.6) is 0 Å². The number of nitrogens with zero attached hydrogens (tertiary/aromatic N) is 1. The summed E-state index contributed by atoms with van der Waals surface area (Å²) in [5, 5.41) is 14.5. The molecule has 0 aliphatic heterocycles. The van der Waals surface area contributed by atoms with Gasteiger partial charge < -0.3 is 16.2 Å². The third-order valence-electron chi connectivity index (χ3n) is 4.09. The van der Waals surface area contributed by atoms with Gasteiger partial charge in [0.25, 0.3) is 0 Å². The molecule has 0 radical (unpaired) electrons. The van der Waals surface area contributed by atoms with Crippen LogP contribution in [0.2, 0.25) is 0 Å². The maximum atomic E-state index is 10.0. The van der Waals surface area contributed by atoms with Gasteiger partial charge in [-0.2, -0.15) is 0 Å². The Labute approximate surface area is 123 Å². The molecule has 2 aromatic rings. The van der Waals surface area contributed by atoms with Crippen molar-refractivity contribution >= 4 is 32.9 Å². The number of thiazole rings is 1. The van der Waals surface area contributed by atoms with Gasteiger partial charge in [-0.3, -0.25) is 0 Å². The Hall–Kier alpha value is -1.33. The minimum absolute atomic E-state index is 0.178. The number of fused-ring (bicyclic) bond motifs is 1. The molecule has 108 valence electrons. The summed E-state index contributed by atoms with van der Waals surface area (Å²) < 4.78 is 1.13. The molecule has 20 heavy (non-hydrogen) atoms. The smallest absolute Gasteiger partial charge is 0.0907 e. The molecule has 0 bridgehead atoms. The number of nitrogens with two attached hydrogens (primary N) is 1. The van der Waals surface area contributed by atoms with Crippen molar-refractivity contribution < 1.29 is 5.11 Å². The van der Waals surface area contributed by atoms with E-state index in [1.165, 1.54) is 6.42 Å². The third-order valence-corrected chi connectivity index (χ3v) is 5.02. The van der Waals surface area contributed by atoms with E-state index in [2.05, 4.69) is 10.3 Å². The number of benzene rings is 1. The van der Waals surface area contributed by atoms with Gasteiger partial charge in [-0.1, -0.05) is 12.8 Å². The number of nitrogen functional groups attached to an aromatic ring is 1. The van der Waals surface area contributed by atoms with Gasteiger partial charge in [0.2, 0.25) is 0 Å². The first-order chi connectivity index (χ1) is 9.63. The van der Waals surface area contributed by atoms with Crippen molar-refractivity contribution in [3.8, 4) is 0 Å². The summed E-state index contributed by atoms with van der Waals surface area (Å²) >= 11 is 1.66. The number of aliphatic hydroxyl groups excluding tert-OH is 1. The second-order valence-corrected chi connectivity index (χ2v) is 6.87. The predicted molar refractivity (Wildman–Crippen MR) is 85.2 cm³/mol. The van der Waals surface area contributed by atoms with E-state index >= 15 is 0 Å². The fraction of sp³-hybridized carbons (Fsp3) is 0.533. The standard InChI is InChI=1S/C15H21N3OS/c1-9-18-13-7-12(11(16)6-15(13)20-9)17-8-10-4-2-3-5-14(10)19/h6-7,10,14,17,19H,2-5,8,16H2,1H3. The normalized spacial score (nSPS) is 23.1. The number of aliphatic hydroxyl groups is 1. The zero-order valence-electron chi connectivity index (χ0n) is 11.7. The van der Waals surface area contributed by atoms with Crippen LogP contribution in [0.15, 0.2) is 12.1 Å². The van der Waals surface area contributed by atoms with Crippen LogP contribution in [-0.4, -0.2) is 22.7 Å². The first-order valence-electron chi connectivity index (χ1n) is 7.22. The molecule has 4 N–H and O–H groups in total. The number of anilines is 2. The van der Waals surface area contributed by atoms with Crippen molar-refractivity contribution in [2.24, 2.45) is 5.92 Å². The molecule has 1 aromatic carbocycles. The molecule has 2 atom stereocenters. The van der Waals surface area contributed by atoms with E-state index in [9.17, 15) is 5.11 Å². The van der Waals surface area contributed by atoms with Gasteiger partial charge >= 0.3 is 0 Å². The minimum atomic E-state index is -0.178. The van der Waals surface area contributed by atoms with Gasteiger partial charge in [-0.05, 0) is 31.9 Å². The predicted octanol–water partition coefficient (Wildman–Crippen LogP) is 3.15. The lowest BCUT2D eigenvalue weighted by atomic mass is 9.86. The van der Waals surface area contributed by atoms with Crippen molar-refractivity contribution in [2.75, 3.05) is 17.6 Å². The van der Waals surface area contributed by atoms with Crippen molar-refractivity contribution in [3.05, 3.63) is 17.1 Å². The topological polar surface area (TPSA) is 71.2 Å². The number of rotatable bonds is 3. The molecule has 1 heterocycles. The maximum Gasteiger partial charge on any atom is 0.0907 e. The minimum Gasteiger partial charge on any atom is -0.397 e. The van der Waals surface area contributed by atoms with Crippen LogP contribution in [0.1, 0.15) is 30.7 Å². The summed E-state index contributed by atoms with van der Waals surface area (Å²) in [6, 6.07) is 4.00. The van der Waals surface area contributed by atoms with Crippen molar-refractivity contribution in [1.29, 1.82) is 0 Å². The third kappa shape index (κ3) is 2.74. The van der Waals surface area contributed by atoms with Gasteiger partial charge in [-0.25, -0.2) is 4.98 Å².